The third kappa shape index (κ3) is 5.83. The van der Waals surface area contributed by atoms with Crippen molar-refractivity contribution in [3.8, 4) is 5.75 Å². The van der Waals surface area contributed by atoms with Gasteiger partial charge in [-0.1, -0.05) is 0 Å². The fourth-order valence-electron chi connectivity index (χ4n) is 2.77. The molecule has 0 aromatic heterocycles. The van der Waals surface area contributed by atoms with E-state index in [1.165, 1.54) is 12.1 Å². The Kier molecular flexibility index (Phi) is 6.82. The summed E-state index contributed by atoms with van der Waals surface area (Å²) >= 11 is 0. The predicted molar refractivity (Wildman–Crippen MR) is 101 cm³/mol. The Bertz CT molecular complexity index is 734. The maximum Gasteiger partial charge on any atom is 0.410 e. The highest BCUT2D eigenvalue weighted by Crippen LogP contribution is 2.29. The Hall–Kier alpha value is -2.84. The molecular weight excluding hydrogens is 368 g/mol. The average molecular weight is 394 g/mol. The first kappa shape index (κ1) is 21.5. The Balaban J connectivity index is 1.95. The molecule has 1 amide bonds. The number of hydrogen-bond donors (Lipinski definition) is 0. The molecule has 1 saturated heterocycles. The summed E-state index contributed by atoms with van der Waals surface area (Å²) in [5.74, 6) is -0.531. The number of benzene rings is 1. The van der Waals surface area contributed by atoms with E-state index in [1.807, 2.05) is 0 Å². The van der Waals surface area contributed by atoms with Crippen LogP contribution in [0.4, 0.5) is 10.5 Å². The number of carbonyl (C=O) groups excluding carboxylic acids is 2. The van der Waals surface area contributed by atoms with Crippen LogP contribution in [0.3, 0.4) is 0 Å². The van der Waals surface area contributed by atoms with Crippen molar-refractivity contribution in [2.24, 2.45) is 0 Å². The number of esters is 1. The van der Waals surface area contributed by atoms with Gasteiger partial charge in [-0.3, -0.25) is 10.1 Å². The van der Waals surface area contributed by atoms with Gasteiger partial charge in [-0.25, -0.2) is 9.59 Å². The van der Waals surface area contributed by atoms with Crippen molar-refractivity contribution >= 4 is 17.7 Å². The fraction of sp³-hybridized carbons (Fsp3) is 0.579. The molecule has 1 aliphatic rings. The Morgan fingerprint density at radius 3 is 2.43 bits per heavy atom. The minimum Gasteiger partial charge on any atom is -0.487 e. The molecule has 0 atom stereocenters. The topological polar surface area (TPSA) is 108 Å². The minimum absolute atomic E-state index is 0.0877. The van der Waals surface area contributed by atoms with Crippen LogP contribution in [0.5, 0.6) is 5.75 Å². The largest absolute Gasteiger partial charge is 0.487 e. The molecule has 2 rings (SSSR count). The molecule has 1 aliphatic heterocycles. The third-order valence-corrected chi connectivity index (χ3v) is 4.06. The van der Waals surface area contributed by atoms with E-state index < -0.39 is 16.5 Å². The second-order valence-corrected chi connectivity index (χ2v) is 7.44. The normalized spacial score (nSPS) is 15.1. The number of likely N-dealkylation sites (tertiary alicyclic amines) is 1. The van der Waals surface area contributed by atoms with Crippen LogP contribution in [0.2, 0.25) is 0 Å². The second-order valence-electron chi connectivity index (χ2n) is 7.44. The molecule has 0 spiro atoms. The van der Waals surface area contributed by atoms with Gasteiger partial charge in [0, 0.05) is 32.0 Å². The number of hydrogen-bond acceptors (Lipinski definition) is 7. The summed E-state index contributed by atoms with van der Waals surface area (Å²) < 4.78 is 16.0. The van der Waals surface area contributed by atoms with E-state index in [2.05, 4.69) is 0 Å². The van der Waals surface area contributed by atoms with Crippen molar-refractivity contribution in [2.45, 2.75) is 52.2 Å². The molecule has 154 valence electrons. The van der Waals surface area contributed by atoms with Crippen molar-refractivity contribution in [3.63, 3.8) is 0 Å². The van der Waals surface area contributed by atoms with E-state index in [4.69, 9.17) is 14.2 Å². The first-order valence-electron chi connectivity index (χ1n) is 9.21. The van der Waals surface area contributed by atoms with Crippen LogP contribution in [0.15, 0.2) is 18.2 Å². The molecule has 9 nitrogen and oxygen atoms in total. The lowest BCUT2D eigenvalue weighted by Crippen LogP contribution is -2.43. The van der Waals surface area contributed by atoms with Crippen LogP contribution < -0.4 is 4.74 Å². The summed E-state index contributed by atoms with van der Waals surface area (Å²) in [6.45, 7) is 8.23. The van der Waals surface area contributed by atoms with Crippen molar-refractivity contribution in [3.05, 3.63) is 33.9 Å². The van der Waals surface area contributed by atoms with Crippen LogP contribution in [0, 0.1) is 10.1 Å². The van der Waals surface area contributed by atoms with E-state index in [1.54, 1.807) is 32.6 Å². The highest BCUT2D eigenvalue weighted by Gasteiger charge is 2.29. The van der Waals surface area contributed by atoms with Crippen molar-refractivity contribution in [2.75, 3.05) is 19.7 Å². The molecule has 0 saturated carbocycles. The lowest BCUT2D eigenvalue weighted by molar-refractivity contribution is -0.385. The van der Waals surface area contributed by atoms with Gasteiger partial charge in [0.2, 0.25) is 0 Å². The smallest absolute Gasteiger partial charge is 0.410 e. The van der Waals surface area contributed by atoms with Gasteiger partial charge >= 0.3 is 17.7 Å². The molecule has 0 unspecified atom stereocenters. The van der Waals surface area contributed by atoms with Gasteiger partial charge < -0.3 is 19.1 Å². The fourth-order valence-corrected chi connectivity index (χ4v) is 2.77. The number of nitro groups is 1. The highest BCUT2D eigenvalue weighted by molar-refractivity contribution is 5.90. The van der Waals surface area contributed by atoms with E-state index in [0.29, 0.717) is 25.9 Å². The van der Waals surface area contributed by atoms with Crippen molar-refractivity contribution in [1.29, 1.82) is 0 Å². The van der Waals surface area contributed by atoms with E-state index >= 15 is 0 Å². The molecule has 1 fully saturated rings. The van der Waals surface area contributed by atoms with Crippen LogP contribution in [-0.4, -0.2) is 53.3 Å². The summed E-state index contributed by atoms with van der Waals surface area (Å²) in [4.78, 5) is 36.6. The first-order valence-corrected chi connectivity index (χ1v) is 9.21. The van der Waals surface area contributed by atoms with Gasteiger partial charge in [-0.05, 0) is 39.8 Å². The van der Waals surface area contributed by atoms with E-state index in [-0.39, 0.29) is 35.8 Å². The second kappa shape index (κ2) is 8.90. The standard InChI is InChI=1S/C19H26N2O7/c1-5-26-16-7-6-13(12-15(16)21(24)25)17(22)27-14-8-10-20(11-9-14)18(23)28-19(2,3)4/h6-7,12,14H,5,8-11H2,1-4H3. The molecule has 9 heteroatoms. The zero-order valence-electron chi connectivity index (χ0n) is 16.6. The zero-order chi connectivity index (χ0) is 20.9. The summed E-state index contributed by atoms with van der Waals surface area (Å²) in [6, 6.07) is 3.99. The molecule has 1 aromatic rings. The van der Waals surface area contributed by atoms with Gasteiger partial charge in [0.25, 0.3) is 0 Å². The zero-order valence-corrected chi connectivity index (χ0v) is 16.6. The Morgan fingerprint density at radius 1 is 1.25 bits per heavy atom. The Morgan fingerprint density at radius 2 is 1.89 bits per heavy atom. The number of nitrogens with zero attached hydrogens (tertiary/aromatic N) is 2. The molecule has 0 aliphatic carbocycles. The Labute approximate surface area is 163 Å². The molecule has 0 radical (unpaired) electrons. The highest BCUT2D eigenvalue weighted by atomic mass is 16.6. The van der Waals surface area contributed by atoms with Crippen LogP contribution >= 0.6 is 0 Å². The molecule has 1 aromatic carbocycles. The third-order valence-electron chi connectivity index (χ3n) is 4.06. The van der Waals surface area contributed by atoms with Crippen molar-refractivity contribution < 1.29 is 28.7 Å². The molecule has 0 N–H and O–H groups in total. The molecule has 28 heavy (non-hydrogen) atoms. The number of amides is 1. The average Bonchev–Trinajstić information content (AvgIpc) is 2.61. The SMILES string of the molecule is CCOc1ccc(C(=O)OC2CCN(C(=O)OC(C)(C)C)CC2)cc1[N+](=O)[O-]. The van der Waals surface area contributed by atoms with Crippen molar-refractivity contribution in [1.82, 2.24) is 4.90 Å². The lowest BCUT2D eigenvalue weighted by atomic mass is 10.1. The van der Waals surface area contributed by atoms with Crippen LogP contribution in [0.1, 0.15) is 50.9 Å². The number of piperidine rings is 1. The van der Waals surface area contributed by atoms with Gasteiger partial charge in [0.15, 0.2) is 5.75 Å². The number of carbonyl (C=O) groups is 2. The summed E-state index contributed by atoms with van der Waals surface area (Å²) in [7, 11) is 0. The molecule has 1 heterocycles. The number of ether oxygens (including phenoxy) is 3. The van der Waals surface area contributed by atoms with E-state index in [0.717, 1.165) is 6.07 Å². The predicted octanol–water partition coefficient (Wildman–Crippen LogP) is 3.55. The quantitative estimate of drug-likeness (QED) is 0.427. The maximum atomic E-state index is 12.4. The maximum absolute atomic E-state index is 12.4. The monoisotopic (exact) mass is 394 g/mol. The summed E-state index contributed by atoms with van der Waals surface area (Å²) in [5, 5.41) is 11.2. The van der Waals surface area contributed by atoms with E-state index in [9.17, 15) is 19.7 Å². The van der Waals surface area contributed by atoms with Gasteiger partial charge in [0.05, 0.1) is 17.1 Å². The number of rotatable bonds is 5. The van der Waals surface area contributed by atoms with Crippen LogP contribution in [0.25, 0.3) is 0 Å². The number of nitro benzene ring substituents is 1. The van der Waals surface area contributed by atoms with Gasteiger partial charge in [-0.2, -0.15) is 0 Å². The first-order chi connectivity index (χ1) is 13.1. The van der Waals surface area contributed by atoms with Gasteiger partial charge in [-0.15, -0.1) is 0 Å². The lowest BCUT2D eigenvalue weighted by Gasteiger charge is -2.33. The molecular formula is C19H26N2O7. The van der Waals surface area contributed by atoms with Crippen LogP contribution in [-0.2, 0) is 9.47 Å². The summed E-state index contributed by atoms with van der Waals surface area (Å²) in [6.07, 6.45) is 0.199. The van der Waals surface area contributed by atoms with Gasteiger partial charge in [0.1, 0.15) is 11.7 Å². The summed E-state index contributed by atoms with van der Waals surface area (Å²) in [5.41, 5.74) is -0.760. The minimum atomic E-state index is -0.637. The molecule has 0 bridgehead atoms.